The van der Waals surface area contributed by atoms with Crippen LogP contribution in [-0.4, -0.2) is 56.1 Å². The standard InChI is InChI=1S/C16H24FN3/c1-19-8-9-20(2)12(11-19)10-18-16-7-6-13-14(16)4-3-5-15(13)17/h3-5,12,16,18H,6-11H2,1-2H3. The summed E-state index contributed by atoms with van der Waals surface area (Å²) in [5.41, 5.74) is 2.08. The summed E-state index contributed by atoms with van der Waals surface area (Å²) in [7, 11) is 4.38. The third-order valence-electron chi connectivity index (χ3n) is 4.79. The van der Waals surface area contributed by atoms with E-state index in [1.54, 1.807) is 6.07 Å². The van der Waals surface area contributed by atoms with Crippen molar-refractivity contribution in [2.45, 2.75) is 24.9 Å². The van der Waals surface area contributed by atoms with Crippen molar-refractivity contribution in [3.63, 3.8) is 0 Å². The Labute approximate surface area is 120 Å². The van der Waals surface area contributed by atoms with Gasteiger partial charge in [-0.2, -0.15) is 0 Å². The molecule has 3 nitrogen and oxygen atoms in total. The molecular weight excluding hydrogens is 253 g/mol. The van der Waals surface area contributed by atoms with Crippen molar-refractivity contribution < 1.29 is 4.39 Å². The van der Waals surface area contributed by atoms with Crippen LogP contribution in [0, 0.1) is 5.82 Å². The molecule has 1 fully saturated rings. The van der Waals surface area contributed by atoms with Gasteiger partial charge >= 0.3 is 0 Å². The molecule has 4 heteroatoms. The number of piperazine rings is 1. The Bertz CT molecular complexity index is 477. The highest BCUT2D eigenvalue weighted by molar-refractivity contribution is 5.35. The Morgan fingerprint density at radius 3 is 3.00 bits per heavy atom. The fourth-order valence-electron chi connectivity index (χ4n) is 3.42. The highest BCUT2D eigenvalue weighted by atomic mass is 19.1. The molecule has 1 aromatic rings. The molecule has 2 atom stereocenters. The minimum Gasteiger partial charge on any atom is -0.308 e. The molecule has 2 unspecified atom stereocenters. The summed E-state index contributed by atoms with van der Waals surface area (Å²) in [5.74, 6) is -0.0404. The minimum absolute atomic E-state index is 0.0404. The van der Waals surface area contributed by atoms with E-state index in [4.69, 9.17) is 0 Å². The number of fused-ring (bicyclic) bond motifs is 1. The van der Waals surface area contributed by atoms with Gasteiger partial charge in [-0.3, -0.25) is 4.90 Å². The molecule has 1 heterocycles. The molecule has 1 aliphatic heterocycles. The van der Waals surface area contributed by atoms with Gasteiger partial charge in [0.05, 0.1) is 0 Å². The van der Waals surface area contributed by atoms with Crippen LogP contribution in [-0.2, 0) is 6.42 Å². The van der Waals surface area contributed by atoms with Crippen LogP contribution in [0.1, 0.15) is 23.6 Å². The number of hydrogen-bond donors (Lipinski definition) is 1. The lowest BCUT2D eigenvalue weighted by molar-refractivity contribution is 0.111. The van der Waals surface area contributed by atoms with Crippen molar-refractivity contribution in [3.05, 3.63) is 35.1 Å². The number of benzene rings is 1. The Morgan fingerprint density at radius 1 is 1.30 bits per heavy atom. The molecule has 1 saturated heterocycles. The van der Waals surface area contributed by atoms with Gasteiger partial charge in [0.15, 0.2) is 0 Å². The van der Waals surface area contributed by atoms with E-state index in [9.17, 15) is 4.39 Å². The normalized spacial score (nSPS) is 27.8. The first-order valence-corrected chi connectivity index (χ1v) is 7.54. The van der Waals surface area contributed by atoms with Crippen molar-refractivity contribution in [1.29, 1.82) is 0 Å². The summed E-state index contributed by atoms with van der Waals surface area (Å²) in [6, 6.07) is 6.34. The first-order chi connectivity index (χ1) is 9.65. The van der Waals surface area contributed by atoms with Gasteiger partial charge in [-0.25, -0.2) is 4.39 Å². The van der Waals surface area contributed by atoms with E-state index in [0.717, 1.165) is 50.1 Å². The van der Waals surface area contributed by atoms with E-state index in [-0.39, 0.29) is 5.82 Å². The highest BCUT2D eigenvalue weighted by Gasteiger charge is 2.27. The molecule has 20 heavy (non-hydrogen) atoms. The number of nitrogens with one attached hydrogen (secondary N) is 1. The first-order valence-electron chi connectivity index (χ1n) is 7.54. The number of halogens is 1. The van der Waals surface area contributed by atoms with Gasteiger partial charge in [0.25, 0.3) is 0 Å². The zero-order valence-corrected chi connectivity index (χ0v) is 12.4. The van der Waals surface area contributed by atoms with E-state index in [1.165, 1.54) is 0 Å². The molecule has 0 saturated carbocycles. The van der Waals surface area contributed by atoms with Crippen LogP contribution < -0.4 is 5.32 Å². The van der Waals surface area contributed by atoms with Crippen LogP contribution in [0.15, 0.2) is 18.2 Å². The van der Waals surface area contributed by atoms with Crippen LogP contribution in [0.5, 0.6) is 0 Å². The second kappa shape index (κ2) is 5.80. The lowest BCUT2D eigenvalue weighted by Gasteiger charge is -2.38. The third kappa shape index (κ3) is 2.73. The number of likely N-dealkylation sites (N-methyl/N-ethyl adjacent to an activating group) is 2. The van der Waals surface area contributed by atoms with Crippen molar-refractivity contribution in [2.75, 3.05) is 40.3 Å². The quantitative estimate of drug-likeness (QED) is 0.906. The summed E-state index contributed by atoms with van der Waals surface area (Å²) < 4.78 is 13.7. The fourth-order valence-corrected chi connectivity index (χ4v) is 3.42. The second-order valence-corrected chi connectivity index (χ2v) is 6.20. The van der Waals surface area contributed by atoms with Crippen LogP contribution in [0.3, 0.4) is 0 Å². The van der Waals surface area contributed by atoms with E-state index < -0.39 is 0 Å². The Hall–Kier alpha value is -0.970. The van der Waals surface area contributed by atoms with Crippen LogP contribution in [0.4, 0.5) is 4.39 Å². The average molecular weight is 277 g/mol. The van der Waals surface area contributed by atoms with Gasteiger partial charge in [0.1, 0.15) is 5.82 Å². The minimum atomic E-state index is -0.0404. The Balaban J connectivity index is 1.62. The molecule has 0 radical (unpaired) electrons. The molecular formula is C16H24FN3. The molecule has 0 amide bonds. The van der Waals surface area contributed by atoms with Crippen molar-refractivity contribution in [2.24, 2.45) is 0 Å². The maximum atomic E-state index is 13.7. The predicted molar refractivity (Wildman–Crippen MR) is 79.4 cm³/mol. The van der Waals surface area contributed by atoms with Crippen molar-refractivity contribution >= 4 is 0 Å². The molecule has 2 aliphatic rings. The Kier molecular flexibility index (Phi) is 4.06. The van der Waals surface area contributed by atoms with E-state index >= 15 is 0 Å². The molecule has 1 aliphatic carbocycles. The molecule has 1 N–H and O–H groups in total. The largest absolute Gasteiger partial charge is 0.308 e. The zero-order chi connectivity index (χ0) is 14.1. The third-order valence-corrected chi connectivity index (χ3v) is 4.79. The number of nitrogens with zero attached hydrogens (tertiary/aromatic N) is 2. The lowest BCUT2D eigenvalue weighted by atomic mass is 10.1. The average Bonchev–Trinajstić information content (AvgIpc) is 2.85. The molecule has 0 aromatic heterocycles. The monoisotopic (exact) mass is 277 g/mol. The van der Waals surface area contributed by atoms with Gasteiger partial charge in [0.2, 0.25) is 0 Å². The van der Waals surface area contributed by atoms with Gasteiger partial charge in [0, 0.05) is 38.3 Å². The summed E-state index contributed by atoms with van der Waals surface area (Å²) in [6.45, 7) is 4.34. The first kappa shape index (κ1) is 14.0. The molecule has 0 spiro atoms. The maximum absolute atomic E-state index is 13.7. The van der Waals surface area contributed by atoms with Crippen molar-refractivity contribution in [3.8, 4) is 0 Å². The topological polar surface area (TPSA) is 18.5 Å². The SMILES string of the molecule is CN1CCN(C)C(CNC2CCc3c(F)cccc32)C1. The van der Waals surface area contributed by atoms with Gasteiger partial charge in [-0.1, -0.05) is 12.1 Å². The summed E-state index contributed by atoms with van der Waals surface area (Å²) in [4.78, 5) is 4.81. The van der Waals surface area contributed by atoms with E-state index in [1.807, 2.05) is 6.07 Å². The molecule has 3 rings (SSSR count). The summed E-state index contributed by atoms with van der Waals surface area (Å²) in [6.07, 6.45) is 1.88. The van der Waals surface area contributed by atoms with E-state index in [0.29, 0.717) is 12.1 Å². The molecule has 1 aromatic carbocycles. The highest BCUT2D eigenvalue weighted by Crippen LogP contribution is 2.32. The predicted octanol–water partition coefficient (Wildman–Crippen LogP) is 1.65. The van der Waals surface area contributed by atoms with Gasteiger partial charge < -0.3 is 10.2 Å². The van der Waals surface area contributed by atoms with Crippen LogP contribution in [0.2, 0.25) is 0 Å². The smallest absolute Gasteiger partial charge is 0.126 e. The second-order valence-electron chi connectivity index (χ2n) is 6.20. The molecule has 0 bridgehead atoms. The van der Waals surface area contributed by atoms with E-state index in [2.05, 4.69) is 35.3 Å². The van der Waals surface area contributed by atoms with Gasteiger partial charge in [-0.05, 0) is 44.1 Å². The van der Waals surface area contributed by atoms with Gasteiger partial charge in [-0.15, -0.1) is 0 Å². The number of hydrogen-bond acceptors (Lipinski definition) is 3. The van der Waals surface area contributed by atoms with Crippen LogP contribution in [0.25, 0.3) is 0 Å². The van der Waals surface area contributed by atoms with Crippen LogP contribution >= 0.6 is 0 Å². The number of rotatable bonds is 3. The summed E-state index contributed by atoms with van der Waals surface area (Å²) >= 11 is 0. The molecule has 110 valence electrons. The lowest BCUT2D eigenvalue weighted by Crippen LogP contribution is -2.54. The zero-order valence-electron chi connectivity index (χ0n) is 12.4. The fraction of sp³-hybridized carbons (Fsp3) is 0.625. The maximum Gasteiger partial charge on any atom is 0.126 e. The Morgan fingerprint density at radius 2 is 2.15 bits per heavy atom. The van der Waals surface area contributed by atoms with Crippen molar-refractivity contribution in [1.82, 2.24) is 15.1 Å². The summed E-state index contributed by atoms with van der Waals surface area (Å²) in [5, 5.41) is 3.65.